The molecule has 0 fully saturated rings. The third-order valence-corrected chi connectivity index (χ3v) is 0.595. The Labute approximate surface area is 120 Å². The molecule has 0 bridgehead atoms. The molecule has 0 atom stereocenters. The van der Waals surface area contributed by atoms with Crippen LogP contribution in [0.3, 0.4) is 0 Å². The van der Waals surface area contributed by atoms with Crippen LogP contribution in [-0.4, -0.2) is 19.8 Å². The zero-order valence-corrected chi connectivity index (χ0v) is 13.4. The molecule has 0 aliphatic heterocycles. The third-order valence-electron chi connectivity index (χ3n) is 0.595. The zero-order chi connectivity index (χ0) is 8.24. The van der Waals surface area contributed by atoms with Crippen LogP contribution < -0.4 is 58.2 Å². The first-order valence-corrected chi connectivity index (χ1v) is 4.05. The van der Waals surface area contributed by atoms with Crippen molar-refractivity contribution in [3.8, 4) is 0 Å². The summed E-state index contributed by atoms with van der Waals surface area (Å²) in [6, 6.07) is 0. The molecular formula is C8H20NORb. The van der Waals surface area contributed by atoms with E-state index in [9.17, 15) is 0 Å². The second kappa shape index (κ2) is 22.6. The summed E-state index contributed by atoms with van der Waals surface area (Å²) in [6.07, 6.45) is 2.31. The van der Waals surface area contributed by atoms with Crippen LogP contribution in [0.1, 0.15) is 33.6 Å². The molecule has 0 saturated carbocycles. The molecule has 0 aromatic carbocycles. The van der Waals surface area contributed by atoms with Crippen molar-refractivity contribution >= 4 is 0 Å². The Hall–Kier alpha value is 1.73. The second-order valence-corrected chi connectivity index (χ2v) is 2.07. The quantitative estimate of drug-likeness (QED) is 0.622. The molecule has 0 saturated heterocycles. The second-order valence-electron chi connectivity index (χ2n) is 2.07. The van der Waals surface area contributed by atoms with Crippen LogP contribution in [0.5, 0.6) is 0 Å². The van der Waals surface area contributed by atoms with Gasteiger partial charge in [0, 0.05) is 13.2 Å². The first kappa shape index (κ1) is 18.5. The molecule has 1 N–H and O–H groups in total. The Balaban J connectivity index is -0.000000140. The van der Waals surface area contributed by atoms with E-state index in [1.807, 2.05) is 0 Å². The summed E-state index contributed by atoms with van der Waals surface area (Å²) in [5, 5.41) is 0. The van der Waals surface area contributed by atoms with E-state index >= 15 is 0 Å². The van der Waals surface area contributed by atoms with Crippen molar-refractivity contribution in [2.75, 3.05) is 19.8 Å². The van der Waals surface area contributed by atoms with E-state index in [0.29, 0.717) is 13.2 Å². The molecule has 0 amide bonds. The molecule has 0 aliphatic carbocycles. The summed E-state index contributed by atoms with van der Waals surface area (Å²) in [6.45, 7) is 8.09. The van der Waals surface area contributed by atoms with E-state index < -0.39 is 0 Å². The van der Waals surface area contributed by atoms with Crippen LogP contribution in [0.4, 0.5) is 0 Å². The molecule has 0 rings (SSSR count). The summed E-state index contributed by atoms with van der Waals surface area (Å²) < 4.78 is 4.94. The maximum Gasteiger partial charge on any atom is 1.00 e. The van der Waals surface area contributed by atoms with Gasteiger partial charge in [0.25, 0.3) is 0 Å². The fourth-order valence-corrected chi connectivity index (χ4v) is 0.319. The fourth-order valence-electron chi connectivity index (χ4n) is 0.319. The molecule has 11 heavy (non-hydrogen) atoms. The fraction of sp³-hybridized carbons (Fsp3) is 1.00. The van der Waals surface area contributed by atoms with Gasteiger partial charge in [0.1, 0.15) is 0 Å². The predicted octanol–water partition coefficient (Wildman–Crippen LogP) is -0.114. The van der Waals surface area contributed by atoms with Crippen molar-refractivity contribution in [3.63, 3.8) is 0 Å². The van der Waals surface area contributed by atoms with Crippen LogP contribution in [0, 0.1) is 0 Å². The van der Waals surface area contributed by atoms with E-state index in [4.69, 9.17) is 10.5 Å². The SMILES string of the molecule is CCC.CCCOCC[NH-].[Rb+]. The average Bonchev–Trinajstić information content (AvgIpc) is 1.91. The maximum atomic E-state index is 6.66. The van der Waals surface area contributed by atoms with Crippen molar-refractivity contribution in [2.24, 2.45) is 0 Å². The van der Waals surface area contributed by atoms with Crippen molar-refractivity contribution in [1.82, 2.24) is 0 Å². The Morgan fingerprint density at radius 3 is 1.82 bits per heavy atom. The molecule has 0 radical (unpaired) electrons. The first-order valence-electron chi connectivity index (χ1n) is 4.05. The van der Waals surface area contributed by atoms with E-state index in [2.05, 4.69) is 20.8 Å². The van der Waals surface area contributed by atoms with Crippen LogP contribution in [0.25, 0.3) is 5.73 Å². The minimum atomic E-state index is 0. The number of rotatable bonds is 4. The van der Waals surface area contributed by atoms with Crippen LogP contribution in [0.2, 0.25) is 0 Å². The van der Waals surface area contributed by atoms with Crippen LogP contribution in [-0.2, 0) is 4.74 Å². The van der Waals surface area contributed by atoms with E-state index in [1.54, 1.807) is 0 Å². The van der Waals surface area contributed by atoms with Crippen molar-refractivity contribution in [3.05, 3.63) is 5.73 Å². The summed E-state index contributed by atoms with van der Waals surface area (Å²) in [5.74, 6) is 0. The van der Waals surface area contributed by atoms with Gasteiger partial charge in [-0.1, -0.05) is 27.2 Å². The standard InChI is InChI=1S/C5H12NO.C3H8.Rb/c1-2-4-7-5-3-6;1-3-2;/h6H,2-5H2,1H3;3H2,1-2H3;/q-1;;+1. The van der Waals surface area contributed by atoms with Crippen molar-refractivity contribution < 1.29 is 62.9 Å². The third kappa shape index (κ3) is 33.8. The van der Waals surface area contributed by atoms with Gasteiger partial charge >= 0.3 is 58.2 Å². The Morgan fingerprint density at radius 1 is 1.09 bits per heavy atom. The smallest absolute Gasteiger partial charge is 0.676 e. The molecule has 64 valence electrons. The van der Waals surface area contributed by atoms with Gasteiger partial charge < -0.3 is 10.5 Å². The number of nitrogens with one attached hydrogen (secondary N) is 1. The summed E-state index contributed by atoms with van der Waals surface area (Å²) in [7, 11) is 0. The van der Waals surface area contributed by atoms with Crippen LogP contribution in [0.15, 0.2) is 0 Å². The molecule has 2 nitrogen and oxygen atoms in total. The number of hydrogen-bond acceptors (Lipinski definition) is 1. The topological polar surface area (TPSA) is 33.0 Å². The molecule has 0 aromatic heterocycles. The predicted molar refractivity (Wildman–Crippen MR) is 46.3 cm³/mol. The summed E-state index contributed by atoms with van der Waals surface area (Å²) >= 11 is 0. The van der Waals surface area contributed by atoms with Crippen molar-refractivity contribution in [1.29, 1.82) is 0 Å². The van der Waals surface area contributed by atoms with E-state index in [0.717, 1.165) is 13.0 Å². The molecule has 0 spiro atoms. The van der Waals surface area contributed by atoms with Gasteiger partial charge in [-0.2, -0.15) is 0 Å². The van der Waals surface area contributed by atoms with Gasteiger partial charge in [-0.15, -0.1) is 6.54 Å². The van der Waals surface area contributed by atoms with Gasteiger partial charge in [-0.3, -0.25) is 0 Å². The van der Waals surface area contributed by atoms with E-state index in [-0.39, 0.29) is 58.2 Å². The van der Waals surface area contributed by atoms with Gasteiger partial charge in [0.05, 0.1) is 0 Å². The van der Waals surface area contributed by atoms with Gasteiger partial charge in [0.2, 0.25) is 0 Å². The molecule has 0 aliphatic rings. The number of hydrogen-bond donors (Lipinski definition) is 0. The molecule has 0 unspecified atom stereocenters. The minimum Gasteiger partial charge on any atom is -0.676 e. The molecule has 0 heterocycles. The van der Waals surface area contributed by atoms with Gasteiger partial charge in [-0.05, 0) is 6.42 Å². The normalized spacial score (nSPS) is 7.64. The Bertz CT molecular complexity index is 41.1. The maximum absolute atomic E-state index is 6.66. The zero-order valence-electron chi connectivity index (χ0n) is 8.44. The summed E-state index contributed by atoms with van der Waals surface area (Å²) in [4.78, 5) is 0. The Morgan fingerprint density at radius 2 is 1.55 bits per heavy atom. The van der Waals surface area contributed by atoms with Gasteiger partial charge in [-0.25, -0.2) is 0 Å². The van der Waals surface area contributed by atoms with Crippen molar-refractivity contribution in [2.45, 2.75) is 33.6 Å². The largest absolute Gasteiger partial charge is 1.00 e. The van der Waals surface area contributed by atoms with Gasteiger partial charge in [0.15, 0.2) is 0 Å². The van der Waals surface area contributed by atoms with Crippen LogP contribution >= 0.6 is 0 Å². The average molecular weight is 232 g/mol. The number of ether oxygens (including phenoxy) is 1. The minimum absolute atomic E-state index is 0. The van der Waals surface area contributed by atoms with E-state index in [1.165, 1.54) is 6.42 Å². The Kier molecular flexibility index (Phi) is 38.0. The summed E-state index contributed by atoms with van der Waals surface area (Å²) in [5.41, 5.74) is 6.66. The monoisotopic (exact) mass is 231 g/mol. The molecular weight excluding hydrogens is 212 g/mol. The molecule has 0 aromatic rings. The molecule has 3 heteroatoms. The first-order chi connectivity index (χ1) is 4.83.